The number of carbonyl (C=O) groups is 1. The quantitative estimate of drug-likeness (QED) is 0.706. The summed E-state index contributed by atoms with van der Waals surface area (Å²) in [5.74, 6) is 0.448. The summed E-state index contributed by atoms with van der Waals surface area (Å²) >= 11 is 0. The summed E-state index contributed by atoms with van der Waals surface area (Å²) in [5, 5.41) is 0. The maximum Gasteiger partial charge on any atom is 0.162 e. The zero-order valence-corrected chi connectivity index (χ0v) is 14.0. The van der Waals surface area contributed by atoms with Crippen molar-refractivity contribution in [1.29, 1.82) is 0 Å². The molecule has 1 atom stereocenters. The van der Waals surface area contributed by atoms with Gasteiger partial charge in [0.05, 0.1) is 0 Å². The van der Waals surface area contributed by atoms with E-state index in [9.17, 15) is 4.79 Å². The molecule has 1 aromatic carbocycles. The lowest BCUT2D eigenvalue weighted by atomic mass is 9.79. The fraction of sp³-hybridized carbons (Fsp3) is 0.400. The molecule has 1 unspecified atom stereocenters. The Hall–Kier alpha value is -1.96. The Balaban J connectivity index is 2.35. The highest BCUT2D eigenvalue weighted by molar-refractivity contribution is 5.95. The fourth-order valence-electron chi connectivity index (χ4n) is 2.69. The molecule has 0 radical (unpaired) electrons. The Morgan fingerprint density at radius 3 is 2.27 bits per heavy atom. The molecule has 0 N–H and O–H groups in total. The summed E-state index contributed by atoms with van der Waals surface area (Å²) in [4.78, 5) is 16.3. The number of rotatable bonds is 5. The molecule has 116 valence electrons. The van der Waals surface area contributed by atoms with Gasteiger partial charge in [-0.2, -0.15) is 0 Å². The van der Waals surface area contributed by atoms with E-state index in [0.717, 1.165) is 17.7 Å². The van der Waals surface area contributed by atoms with Crippen molar-refractivity contribution in [3.8, 4) is 0 Å². The van der Waals surface area contributed by atoms with Crippen LogP contribution in [0.3, 0.4) is 0 Å². The Morgan fingerprint density at radius 1 is 1.09 bits per heavy atom. The van der Waals surface area contributed by atoms with Gasteiger partial charge in [0, 0.05) is 29.8 Å². The predicted octanol–water partition coefficient (Wildman–Crippen LogP) is 5.24. The van der Waals surface area contributed by atoms with E-state index in [4.69, 9.17) is 0 Å². The molecule has 0 saturated heterocycles. The summed E-state index contributed by atoms with van der Waals surface area (Å²) in [6, 6.07) is 14.1. The average Bonchev–Trinajstić information content (AvgIpc) is 2.52. The van der Waals surface area contributed by atoms with Gasteiger partial charge in [-0.05, 0) is 29.5 Å². The summed E-state index contributed by atoms with van der Waals surface area (Å²) in [6.45, 7) is 8.64. The highest BCUT2D eigenvalue weighted by Crippen LogP contribution is 2.35. The van der Waals surface area contributed by atoms with Crippen molar-refractivity contribution in [2.45, 2.75) is 46.5 Å². The van der Waals surface area contributed by atoms with Crippen molar-refractivity contribution in [2.75, 3.05) is 0 Å². The summed E-state index contributed by atoms with van der Waals surface area (Å²) in [5.41, 5.74) is 3.31. The van der Waals surface area contributed by atoms with E-state index in [-0.39, 0.29) is 17.1 Å². The number of benzene rings is 1. The molecule has 0 saturated carbocycles. The number of hydrogen-bond donors (Lipinski definition) is 0. The maximum atomic E-state index is 11.8. The van der Waals surface area contributed by atoms with Crippen LogP contribution in [0.25, 0.3) is 0 Å². The SMILES string of the molecule is CCC(=O)c1ccc(C(CC(C)(C)C)c2ccccn2)cc1. The van der Waals surface area contributed by atoms with Crippen LogP contribution in [0.2, 0.25) is 0 Å². The van der Waals surface area contributed by atoms with Crippen LogP contribution in [0, 0.1) is 5.41 Å². The van der Waals surface area contributed by atoms with Crippen molar-refractivity contribution in [2.24, 2.45) is 5.41 Å². The first-order chi connectivity index (χ1) is 10.4. The van der Waals surface area contributed by atoms with Crippen molar-refractivity contribution in [3.05, 3.63) is 65.5 Å². The van der Waals surface area contributed by atoms with E-state index < -0.39 is 0 Å². The second-order valence-corrected chi connectivity index (χ2v) is 6.97. The third kappa shape index (κ3) is 4.27. The van der Waals surface area contributed by atoms with Gasteiger partial charge in [-0.25, -0.2) is 0 Å². The van der Waals surface area contributed by atoms with Gasteiger partial charge >= 0.3 is 0 Å². The third-order valence-electron chi connectivity index (χ3n) is 3.82. The van der Waals surface area contributed by atoms with Gasteiger partial charge in [-0.3, -0.25) is 9.78 Å². The van der Waals surface area contributed by atoms with Crippen LogP contribution in [0.5, 0.6) is 0 Å². The average molecular weight is 295 g/mol. The molecule has 1 heterocycles. The van der Waals surface area contributed by atoms with Crippen LogP contribution in [-0.4, -0.2) is 10.8 Å². The third-order valence-corrected chi connectivity index (χ3v) is 3.82. The largest absolute Gasteiger partial charge is 0.294 e. The minimum absolute atomic E-state index is 0.191. The van der Waals surface area contributed by atoms with Crippen molar-refractivity contribution in [3.63, 3.8) is 0 Å². The van der Waals surface area contributed by atoms with E-state index in [1.807, 2.05) is 37.4 Å². The molecule has 0 aliphatic heterocycles. The van der Waals surface area contributed by atoms with E-state index in [1.54, 1.807) is 0 Å². The molecule has 2 aromatic rings. The van der Waals surface area contributed by atoms with Crippen molar-refractivity contribution in [1.82, 2.24) is 4.98 Å². The monoisotopic (exact) mass is 295 g/mol. The lowest BCUT2D eigenvalue weighted by Gasteiger charge is -2.26. The van der Waals surface area contributed by atoms with Gasteiger partial charge in [-0.1, -0.05) is 58.0 Å². The lowest BCUT2D eigenvalue weighted by molar-refractivity contribution is 0.0988. The Labute approximate surface area is 133 Å². The first-order valence-corrected chi connectivity index (χ1v) is 7.95. The van der Waals surface area contributed by atoms with Crippen molar-refractivity contribution >= 4 is 5.78 Å². The van der Waals surface area contributed by atoms with E-state index >= 15 is 0 Å². The summed E-state index contributed by atoms with van der Waals surface area (Å²) in [6.07, 6.45) is 3.41. The highest BCUT2D eigenvalue weighted by Gasteiger charge is 2.23. The van der Waals surface area contributed by atoms with Gasteiger partial charge in [-0.15, -0.1) is 0 Å². The Bertz CT molecular complexity index is 608. The standard InChI is InChI=1S/C20H25NO/c1-5-19(22)16-11-9-15(10-12-16)17(14-20(2,3)4)18-8-6-7-13-21-18/h6-13,17H,5,14H2,1-4H3. The zero-order chi connectivity index (χ0) is 16.2. The molecule has 0 spiro atoms. The minimum Gasteiger partial charge on any atom is -0.294 e. The molecule has 0 amide bonds. The van der Waals surface area contributed by atoms with Gasteiger partial charge in [0.25, 0.3) is 0 Å². The predicted molar refractivity (Wildman–Crippen MR) is 91.2 cm³/mol. The molecule has 2 rings (SSSR count). The summed E-state index contributed by atoms with van der Waals surface area (Å²) < 4.78 is 0. The van der Waals surface area contributed by atoms with Gasteiger partial charge in [0.1, 0.15) is 0 Å². The van der Waals surface area contributed by atoms with Crippen LogP contribution >= 0.6 is 0 Å². The molecule has 0 fully saturated rings. The fourth-order valence-corrected chi connectivity index (χ4v) is 2.69. The minimum atomic E-state index is 0.191. The number of nitrogens with zero attached hydrogens (tertiary/aromatic N) is 1. The smallest absolute Gasteiger partial charge is 0.162 e. The van der Waals surface area contributed by atoms with Gasteiger partial charge < -0.3 is 0 Å². The molecule has 22 heavy (non-hydrogen) atoms. The molecule has 0 bridgehead atoms. The lowest BCUT2D eigenvalue weighted by Crippen LogP contribution is -2.14. The van der Waals surface area contributed by atoms with E-state index in [1.165, 1.54) is 5.56 Å². The van der Waals surface area contributed by atoms with Crippen LogP contribution in [0.4, 0.5) is 0 Å². The topological polar surface area (TPSA) is 30.0 Å². The van der Waals surface area contributed by atoms with E-state index in [2.05, 4.69) is 44.0 Å². The van der Waals surface area contributed by atoms with Crippen LogP contribution in [0.1, 0.15) is 68.1 Å². The second kappa shape index (κ2) is 6.87. The second-order valence-electron chi connectivity index (χ2n) is 6.97. The van der Waals surface area contributed by atoms with Crippen LogP contribution in [0.15, 0.2) is 48.7 Å². The molecule has 2 nitrogen and oxygen atoms in total. The number of aromatic nitrogens is 1. The van der Waals surface area contributed by atoms with Gasteiger partial charge in [0.15, 0.2) is 5.78 Å². The first-order valence-electron chi connectivity index (χ1n) is 7.95. The highest BCUT2D eigenvalue weighted by atomic mass is 16.1. The normalized spacial score (nSPS) is 12.9. The van der Waals surface area contributed by atoms with Crippen molar-refractivity contribution < 1.29 is 4.79 Å². The van der Waals surface area contributed by atoms with Crippen LogP contribution in [-0.2, 0) is 0 Å². The molecule has 0 aliphatic rings. The number of pyridine rings is 1. The number of ketones is 1. The van der Waals surface area contributed by atoms with Gasteiger partial charge in [0.2, 0.25) is 0 Å². The number of carbonyl (C=O) groups excluding carboxylic acids is 1. The van der Waals surface area contributed by atoms with E-state index in [0.29, 0.717) is 6.42 Å². The maximum absolute atomic E-state index is 11.8. The van der Waals surface area contributed by atoms with Crippen LogP contribution < -0.4 is 0 Å². The number of Topliss-reactive ketones (excluding diaryl/α,β-unsaturated/α-hetero) is 1. The number of hydrogen-bond acceptors (Lipinski definition) is 2. The Kier molecular flexibility index (Phi) is 5.12. The molecule has 1 aromatic heterocycles. The first kappa shape index (κ1) is 16.4. The molecule has 2 heteroatoms. The molecular weight excluding hydrogens is 270 g/mol. The molecular formula is C20H25NO. The Morgan fingerprint density at radius 2 is 1.77 bits per heavy atom. The molecule has 0 aliphatic carbocycles. The summed E-state index contributed by atoms with van der Waals surface area (Å²) in [7, 11) is 0. The zero-order valence-electron chi connectivity index (χ0n) is 14.0.